The van der Waals surface area contributed by atoms with Gasteiger partial charge in [-0.3, -0.25) is 0 Å². The van der Waals surface area contributed by atoms with Gasteiger partial charge in [-0.25, -0.2) is 0 Å². The maximum Gasteiger partial charge on any atom is 0.453 e. The molecule has 0 saturated carbocycles. The van der Waals surface area contributed by atoms with Gasteiger partial charge < -0.3 is 9.31 Å². The molecule has 2 atom stereocenters. The number of hydrogen-bond donors (Lipinski definition) is 0. The molecule has 0 amide bonds. The second-order valence-corrected chi connectivity index (χ2v) is 3.65. The van der Waals surface area contributed by atoms with Crippen molar-refractivity contribution in [3.8, 4) is 0 Å². The van der Waals surface area contributed by atoms with E-state index < -0.39 is 0 Å². The Bertz CT molecular complexity index is 127. The van der Waals surface area contributed by atoms with Gasteiger partial charge in [0.2, 0.25) is 0 Å². The monoisotopic (exact) mass is 156 g/mol. The van der Waals surface area contributed by atoms with E-state index in [9.17, 15) is 0 Å². The van der Waals surface area contributed by atoms with E-state index in [4.69, 9.17) is 9.31 Å². The molecule has 0 bridgehead atoms. The van der Waals surface area contributed by atoms with Crippen LogP contribution in [0.1, 0.15) is 20.8 Å². The van der Waals surface area contributed by atoms with Crippen molar-refractivity contribution in [2.24, 2.45) is 11.8 Å². The predicted molar refractivity (Wildman–Crippen MR) is 46.4 cm³/mol. The first kappa shape index (κ1) is 9.08. The van der Waals surface area contributed by atoms with Gasteiger partial charge in [-0.2, -0.15) is 0 Å². The van der Waals surface area contributed by atoms with Gasteiger partial charge in [0.1, 0.15) is 0 Å². The average molecular weight is 156 g/mol. The highest BCUT2D eigenvalue weighted by Crippen LogP contribution is 2.23. The summed E-state index contributed by atoms with van der Waals surface area (Å²) in [6.07, 6.45) is 0.346. The Morgan fingerprint density at radius 2 is 2.09 bits per heavy atom. The highest BCUT2D eigenvalue weighted by Gasteiger charge is 2.30. The Labute approximate surface area is 69.4 Å². The highest BCUT2D eigenvalue weighted by molar-refractivity contribution is 6.42. The zero-order chi connectivity index (χ0) is 8.43. The highest BCUT2D eigenvalue weighted by atomic mass is 16.6. The molecule has 0 aliphatic carbocycles. The molecule has 1 aliphatic heterocycles. The molecule has 1 heterocycles. The second-order valence-electron chi connectivity index (χ2n) is 3.65. The summed E-state index contributed by atoms with van der Waals surface area (Å²) in [6.45, 7) is 9.35. The molecule has 1 saturated heterocycles. The van der Waals surface area contributed by atoms with Crippen LogP contribution >= 0.6 is 0 Å². The van der Waals surface area contributed by atoms with Crippen molar-refractivity contribution < 1.29 is 9.31 Å². The summed E-state index contributed by atoms with van der Waals surface area (Å²) in [5, 5.41) is 0. The van der Waals surface area contributed by atoms with E-state index >= 15 is 0 Å². The Balaban J connectivity index is 2.44. The van der Waals surface area contributed by atoms with Crippen LogP contribution in [0.5, 0.6) is 0 Å². The first-order chi connectivity index (χ1) is 5.11. The maximum absolute atomic E-state index is 5.54. The second kappa shape index (κ2) is 3.59. The Hall–Kier alpha value is -0.0151. The summed E-state index contributed by atoms with van der Waals surface area (Å²) in [5.74, 6) is 1.21. The molecule has 0 aromatic heterocycles. The van der Waals surface area contributed by atoms with Gasteiger partial charge in [0, 0.05) is 18.6 Å². The minimum Gasteiger partial charge on any atom is -0.411 e. The van der Waals surface area contributed by atoms with Gasteiger partial charge in [0.25, 0.3) is 0 Å². The predicted octanol–water partition coefficient (Wildman–Crippen LogP) is 1.81. The molecule has 1 fully saturated rings. The summed E-state index contributed by atoms with van der Waals surface area (Å²) < 4.78 is 10.9. The Morgan fingerprint density at radius 3 is 2.55 bits per heavy atom. The van der Waals surface area contributed by atoms with E-state index in [0.29, 0.717) is 17.9 Å². The Kier molecular flexibility index (Phi) is 2.96. The fraction of sp³-hybridized carbons (Fsp3) is 1.00. The third kappa shape index (κ3) is 2.21. The lowest BCUT2D eigenvalue weighted by Crippen LogP contribution is -2.41. The summed E-state index contributed by atoms with van der Waals surface area (Å²) in [6, 6.07) is 0. The van der Waals surface area contributed by atoms with Crippen molar-refractivity contribution in [3.05, 3.63) is 0 Å². The molecule has 1 aliphatic rings. The fourth-order valence-corrected chi connectivity index (χ4v) is 1.56. The zero-order valence-electron chi connectivity index (χ0n) is 7.83. The molecule has 2 nitrogen and oxygen atoms in total. The van der Waals surface area contributed by atoms with Gasteiger partial charge in [0.05, 0.1) is 0 Å². The van der Waals surface area contributed by atoms with E-state index in [0.717, 1.165) is 6.61 Å². The molecule has 64 valence electrons. The van der Waals surface area contributed by atoms with E-state index in [1.165, 1.54) is 0 Å². The summed E-state index contributed by atoms with van der Waals surface area (Å²) in [7, 11) is -0.0139. The van der Waals surface area contributed by atoms with Crippen LogP contribution in [0.15, 0.2) is 0 Å². The smallest absolute Gasteiger partial charge is 0.411 e. The molecule has 0 aromatic carbocycles. The van der Waals surface area contributed by atoms with E-state index in [2.05, 4.69) is 20.8 Å². The van der Waals surface area contributed by atoms with Crippen molar-refractivity contribution in [1.29, 1.82) is 0 Å². The third-order valence-corrected chi connectivity index (χ3v) is 2.39. The van der Waals surface area contributed by atoms with Crippen LogP contribution in [0.3, 0.4) is 0 Å². The lowest BCUT2D eigenvalue weighted by Gasteiger charge is -2.34. The molecule has 0 radical (unpaired) electrons. The van der Waals surface area contributed by atoms with Crippen LogP contribution in [0.4, 0.5) is 0 Å². The molecule has 0 aromatic rings. The lowest BCUT2D eigenvalue weighted by atomic mass is 9.84. The average Bonchev–Trinajstić information content (AvgIpc) is 1.85. The van der Waals surface area contributed by atoms with Crippen LogP contribution in [-0.2, 0) is 9.31 Å². The van der Waals surface area contributed by atoms with Gasteiger partial charge in [-0.05, 0) is 19.7 Å². The van der Waals surface area contributed by atoms with Gasteiger partial charge in [0.15, 0.2) is 0 Å². The molecule has 1 rings (SSSR count). The minimum absolute atomic E-state index is 0.0139. The number of rotatable bonds is 1. The molecule has 3 heteroatoms. The molecule has 2 unspecified atom stereocenters. The van der Waals surface area contributed by atoms with Gasteiger partial charge >= 0.3 is 7.12 Å². The van der Waals surface area contributed by atoms with Crippen molar-refractivity contribution in [3.63, 3.8) is 0 Å². The SMILES string of the molecule is CB1OCC(C(C)C)C(C)O1. The normalized spacial score (nSPS) is 33.0. The van der Waals surface area contributed by atoms with Crippen LogP contribution in [0.25, 0.3) is 0 Å². The summed E-state index contributed by atoms with van der Waals surface area (Å²) >= 11 is 0. The van der Waals surface area contributed by atoms with Gasteiger partial charge in [-0.15, -0.1) is 0 Å². The van der Waals surface area contributed by atoms with Crippen LogP contribution in [-0.4, -0.2) is 19.8 Å². The first-order valence-corrected chi connectivity index (χ1v) is 4.38. The molecule has 11 heavy (non-hydrogen) atoms. The van der Waals surface area contributed by atoms with Gasteiger partial charge in [-0.1, -0.05) is 13.8 Å². The molecular formula is C8H17BO2. The lowest BCUT2D eigenvalue weighted by molar-refractivity contribution is 0.00497. The Morgan fingerprint density at radius 1 is 1.45 bits per heavy atom. The van der Waals surface area contributed by atoms with Crippen molar-refractivity contribution >= 4 is 7.12 Å². The third-order valence-electron chi connectivity index (χ3n) is 2.39. The minimum atomic E-state index is -0.0139. The van der Waals surface area contributed by atoms with Crippen molar-refractivity contribution in [2.75, 3.05) is 6.61 Å². The topological polar surface area (TPSA) is 18.5 Å². The summed E-state index contributed by atoms with van der Waals surface area (Å²) in [5.41, 5.74) is 0. The first-order valence-electron chi connectivity index (χ1n) is 4.38. The number of hydrogen-bond acceptors (Lipinski definition) is 2. The van der Waals surface area contributed by atoms with Crippen LogP contribution in [0, 0.1) is 11.8 Å². The zero-order valence-corrected chi connectivity index (χ0v) is 7.83. The summed E-state index contributed by atoms with van der Waals surface area (Å²) in [4.78, 5) is 0. The molecule has 0 spiro atoms. The fourth-order valence-electron chi connectivity index (χ4n) is 1.56. The quantitative estimate of drug-likeness (QED) is 0.539. The van der Waals surface area contributed by atoms with Crippen molar-refractivity contribution in [1.82, 2.24) is 0 Å². The molecular weight excluding hydrogens is 139 g/mol. The van der Waals surface area contributed by atoms with E-state index in [-0.39, 0.29) is 7.12 Å². The largest absolute Gasteiger partial charge is 0.453 e. The van der Waals surface area contributed by atoms with Crippen LogP contribution < -0.4 is 0 Å². The van der Waals surface area contributed by atoms with Crippen molar-refractivity contribution in [2.45, 2.75) is 33.7 Å². The van der Waals surface area contributed by atoms with E-state index in [1.807, 2.05) is 6.82 Å². The maximum atomic E-state index is 5.54. The standard InChI is InChI=1S/C8H17BO2/c1-6(2)8-5-10-9(4)11-7(8)3/h6-8H,5H2,1-4H3. The van der Waals surface area contributed by atoms with Crippen LogP contribution in [0.2, 0.25) is 6.82 Å². The van der Waals surface area contributed by atoms with E-state index in [1.54, 1.807) is 0 Å². The molecule has 0 N–H and O–H groups in total.